The fraction of sp³-hybridized carbons (Fsp3) is 0.750. The smallest absolute Gasteiger partial charge is 0.424 e. The molecule has 17 heavy (non-hydrogen) atoms. The van der Waals surface area contributed by atoms with E-state index in [0.29, 0.717) is 0 Å². The molecule has 0 spiro atoms. The average molecular weight is 262 g/mol. The van der Waals surface area contributed by atoms with Crippen LogP contribution in [0.25, 0.3) is 0 Å². The van der Waals surface area contributed by atoms with Gasteiger partial charge in [0, 0.05) is 14.1 Å². The molecule has 2 N–H and O–H groups in total. The molecule has 0 aliphatic carbocycles. The van der Waals surface area contributed by atoms with Crippen molar-refractivity contribution in [2.45, 2.75) is 18.5 Å². The zero-order chi connectivity index (χ0) is 13.7. The Morgan fingerprint density at radius 3 is 1.82 bits per heavy atom. The molecule has 0 bridgehead atoms. The summed E-state index contributed by atoms with van der Waals surface area (Å²) in [5, 5.41) is 0. The number of hydrogen-bond donors (Lipinski definition) is 1. The molecule has 0 aromatic heterocycles. The van der Waals surface area contributed by atoms with E-state index in [9.17, 15) is 26.3 Å². The van der Waals surface area contributed by atoms with Crippen molar-refractivity contribution < 1.29 is 30.7 Å². The lowest BCUT2D eigenvalue weighted by Gasteiger charge is -2.57. The van der Waals surface area contributed by atoms with Gasteiger partial charge in [0.15, 0.2) is 0 Å². The molecule has 2 nitrogen and oxygen atoms in total. The average Bonchev–Trinajstić information content (AvgIpc) is 1.95. The highest BCUT2D eigenvalue weighted by molar-refractivity contribution is 6.77. The van der Waals surface area contributed by atoms with Crippen molar-refractivity contribution >= 4 is 6.28 Å². The fourth-order valence-corrected chi connectivity index (χ4v) is 2.54. The van der Waals surface area contributed by atoms with Crippen LogP contribution in [0, 0.1) is 0 Å². The van der Waals surface area contributed by atoms with E-state index in [1.807, 2.05) is 0 Å². The second kappa shape index (κ2) is 3.57. The van der Waals surface area contributed by atoms with E-state index >= 15 is 0 Å². The maximum Gasteiger partial charge on any atom is 0.424 e. The summed E-state index contributed by atoms with van der Waals surface area (Å²) in [7, 11) is 1.84. The summed E-state index contributed by atoms with van der Waals surface area (Å²) in [6.07, 6.45) is -15.5. The topological polar surface area (TPSA) is 26.0 Å². The Labute approximate surface area is 94.6 Å². The lowest BCUT2D eigenvalue weighted by Crippen LogP contribution is -2.80. The number of nitrogens with zero attached hydrogens (tertiary/aromatic N) is 1. The third-order valence-corrected chi connectivity index (χ3v) is 3.59. The lowest BCUT2D eigenvalue weighted by molar-refractivity contribution is -0.798. The Kier molecular flexibility index (Phi) is 2.98. The Morgan fingerprint density at radius 2 is 1.53 bits per heavy atom. The molecule has 1 aliphatic heterocycles. The van der Waals surface area contributed by atoms with Crippen molar-refractivity contribution in [3.8, 4) is 0 Å². The van der Waals surface area contributed by atoms with Gasteiger partial charge in [-0.15, -0.1) is 0 Å². The zero-order valence-electron chi connectivity index (χ0n) is 9.36. The van der Waals surface area contributed by atoms with E-state index in [-0.39, 0.29) is 5.70 Å². The number of nitrogens with two attached hydrogens (primary N) is 1. The van der Waals surface area contributed by atoms with Gasteiger partial charge >= 0.3 is 18.4 Å². The van der Waals surface area contributed by atoms with Crippen LogP contribution in [0.2, 0.25) is 6.32 Å². The number of hydrogen-bond acceptors (Lipinski definition) is 1. The van der Waals surface area contributed by atoms with E-state index in [1.54, 1.807) is 0 Å². The van der Waals surface area contributed by atoms with Crippen LogP contribution in [0.5, 0.6) is 0 Å². The number of likely N-dealkylation sites (N-methyl/N-ethyl adjacent to an activating group) is 1. The van der Waals surface area contributed by atoms with Crippen LogP contribution in [-0.2, 0) is 0 Å². The molecule has 0 amide bonds. The molecule has 0 aromatic rings. The van der Waals surface area contributed by atoms with E-state index in [0.717, 1.165) is 20.2 Å². The first-order valence-electron chi connectivity index (χ1n) is 4.93. The Bertz CT molecular complexity index is 329. The predicted molar refractivity (Wildman–Crippen MR) is 51.9 cm³/mol. The largest absolute Gasteiger partial charge is 0.503 e. The van der Waals surface area contributed by atoms with Crippen LogP contribution in [0.1, 0.15) is 0 Å². The summed E-state index contributed by atoms with van der Waals surface area (Å²) < 4.78 is 76.4. The molecule has 1 heterocycles. The predicted octanol–water partition coefficient (Wildman–Crippen LogP) is 2.07. The summed E-state index contributed by atoms with van der Waals surface area (Å²) in [5.41, 5.74) is 5.40. The molecular formula is C8H13BF6N2. The molecular weight excluding hydrogens is 249 g/mol. The molecule has 0 fully saturated rings. The molecule has 1 rings (SSSR count). The third-order valence-electron chi connectivity index (χ3n) is 3.59. The van der Waals surface area contributed by atoms with E-state index in [2.05, 4.69) is 0 Å². The highest BCUT2D eigenvalue weighted by atomic mass is 19.4. The molecule has 0 atom stereocenters. The van der Waals surface area contributed by atoms with Crippen molar-refractivity contribution in [3.63, 3.8) is 0 Å². The summed E-state index contributed by atoms with van der Waals surface area (Å²) in [6.45, 7) is -0.459. The first-order valence-corrected chi connectivity index (χ1v) is 4.93. The monoisotopic (exact) mass is 262 g/mol. The Morgan fingerprint density at radius 1 is 1.12 bits per heavy atom. The van der Waals surface area contributed by atoms with Gasteiger partial charge in [-0.25, -0.2) is 26.3 Å². The van der Waals surface area contributed by atoms with Gasteiger partial charge in [-0.05, 0) is 0 Å². The van der Waals surface area contributed by atoms with Crippen LogP contribution >= 0.6 is 0 Å². The van der Waals surface area contributed by atoms with Gasteiger partial charge in [-0.2, -0.15) is 0 Å². The lowest BCUT2D eigenvalue weighted by atomic mass is 9.27. The quantitative estimate of drug-likeness (QED) is 0.525. The number of alkyl halides is 6. The SMILES string of the molecule is C[N+]1(C)CC(N)=CC[B-]1(C(F)(F)F)C(F)(F)F. The second-order valence-corrected chi connectivity index (χ2v) is 5.03. The van der Waals surface area contributed by atoms with E-state index < -0.39 is 35.7 Å². The fourth-order valence-electron chi connectivity index (χ4n) is 2.54. The molecule has 100 valence electrons. The van der Waals surface area contributed by atoms with Crippen LogP contribution < -0.4 is 5.73 Å². The normalized spacial score (nSPS) is 24.4. The van der Waals surface area contributed by atoms with E-state index in [1.165, 1.54) is 0 Å². The number of allylic oxidation sites excluding steroid dienone is 1. The Balaban J connectivity index is 3.45. The maximum atomic E-state index is 12.9. The van der Waals surface area contributed by atoms with Crippen LogP contribution in [0.3, 0.4) is 0 Å². The summed E-state index contributed by atoms with van der Waals surface area (Å²) in [6, 6.07) is 0. The van der Waals surface area contributed by atoms with Crippen molar-refractivity contribution in [1.82, 2.24) is 0 Å². The highest BCUT2D eigenvalue weighted by Gasteiger charge is 2.76. The van der Waals surface area contributed by atoms with Gasteiger partial charge in [0.2, 0.25) is 0 Å². The molecule has 0 radical (unpaired) electrons. The highest BCUT2D eigenvalue weighted by Crippen LogP contribution is 2.49. The minimum atomic E-state index is -5.32. The molecule has 0 saturated heterocycles. The maximum absolute atomic E-state index is 12.9. The van der Waals surface area contributed by atoms with Crippen molar-refractivity contribution in [3.05, 3.63) is 11.8 Å². The number of halogens is 6. The first kappa shape index (κ1) is 14.2. The van der Waals surface area contributed by atoms with Gasteiger partial charge in [0.05, 0.1) is 12.2 Å². The molecule has 0 saturated carbocycles. The van der Waals surface area contributed by atoms with Gasteiger partial charge in [-0.3, -0.25) is 0 Å². The standard InChI is InChI=1S/C8H13BF6N2/c1-17(2)5-6(16)3-4-9(17,7(10,11)12)8(13,14)15/h3H,4-5,16H2,1-2H3. The minimum absolute atomic E-state index is 0.0565. The van der Waals surface area contributed by atoms with Gasteiger partial charge in [0.1, 0.15) is 0 Å². The van der Waals surface area contributed by atoms with Crippen molar-refractivity contribution in [1.29, 1.82) is 0 Å². The van der Waals surface area contributed by atoms with Gasteiger partial charge in [0.25, 0.3) is 0 Å². The second-order valence-electron chi connectivity index (χ2n) is 5.03. The first-order chi connectivity index (χ1) is 7.35. The Hall–Kier alpha value is -0.855. The molecule has 0 aromatic carbocycles. The molecule has 9 heteroatoms. The third kappa shape index (κ3) is 1.90. The van der Waals surface area contributed by atoms with E-state index in [4.69, 9.17) is 5.73 Å². The van der Waals surface area contributed by atoms with Gasteiger partial charge in [-0.1, -0.05) is 12.4 Å². The van der Waals surface area contributed by atoms with Crippen LogP contribution in [0.15, 0.2) is 11.8 Å². The van der Waals surface area contributed by atoms with Crippen LogP contribution in [0.4, 0.5) is 26.3 Å². The summed E-state index contributed by atoms with van der Waals surface area (Å²) in [5.74, 6) is 0. The number of quaternary nitrogens is 1. The van der Waals surface area contributed by atoms with Crippen molar-refractivity contribution in [2.75, 3.05) is 20.6 Å². The van der Waals surface area contributed by atoms with Crippen molar-refractivity contribution in [2.24, 2.45) is 5.73 Å². The minimum Gasteiger partial charge on any atom is -0.503 e. The summed E-state index contributed by atoms with van der Waals surface area (Å²) in [4.78, 5) is 0. The molecule has 1 aliphatic rings. The zero-order valence-corrected chi connectivity index (χ0v) is 9.36. The molecule has 0 unspecified atom stereocenters. The van der Waals surface area contributed by atoms with Crippen LogP contribution in [-0.4, -0.2) is 43.5 Å². The number of rotatable bonds is 0. The van der Waals surface area contributed by atoms with Gasteiger partial charge < -0.3 is 10.1 Å². The summed E-state index contributed by atoms with van der Waals surface area (Å²) >= 11 is 0.